The van der Waals surface area contributed by atoms with Gasteiger partial charge in [-0.25, -0.2) is 17.6 Å². The lowest BCUT2D eigenvalue weighted by atomic mass is 10.1. The van der Waals surface area contributed by atoms with E-state index in [0.717, 1.165) is 24.3 Å². The van der Waals surface area contributed by atoms with E-state index in [1.165, 1.54) is 13.0 Å². The summed E-state index contributed by atoms with van der Waals surface area (Å²) < 4.78 is 53.4. The summed E-state index contributed by atoms with van der Waals surface area (Å²) in [6.45, 7) is 1.28. The summed E-state index contributed by atoms with van der Waals surface area (Å²) in [5, 5.41) is 2.45. The molecule has 1 N–H and O–H groups in total. The molecular formula is C14H11F4N. The van der Waals surface area contributed by atoms with Gasteiger partial charge in [-0.2, -0.15) is 0 Å². The molecule has 0 fully saturated rings. The van der Waals surface area contributed by atoms with E-state index in [1.807, 2.05) is 0 Å². The maximum Gasteiger partial charge on any atom is 0.152 e. The molecule has 0 spiro atoms. The Labute approximate surface area is 107 Å². The Kier molecular flexibility index (Phi) is 3.74. The minimum atomic E-state index is -0.778. The first-order chi connectivity index (χ1) is 8.99. The van der Waals surface area contributed by atoms with Crippen LogP contribution in [0.5, 0.6) is 0 Å². The highest BCUT2D eigenvalue weighted by Gasteiger charge is 2.12. The molecular weight excluding hydrogens is 258 g/mol. The van der Waals surface area contributed by atoms with E-state index in [9.17, 15) is 17.6 Å². The number of rotatable bonds is 3. The minimum absolute atomic E-state index is 0.000283. The summed E-state index contributed by atoms with van der Waals surface area (Å²) in [5.41, 5.74) is -0.0763. The average Bonchev–Trinajstić information content (AvgIpc) is 2.38. The van der Waals surface area contributed by atoms with Gasteiger partial charge in [-0.3, -0.25) is 0 Å². The Morgan fingerprint density at radius 2 is 1.63 bits per heavy atom. The van der Waals surface area contributed by atoms with Crippen LogP contribution in [-0.4, -0.2) is 0 Å². The van der Waals surface area contributed by atoms with Crippen LogP contribution in [0.1, 0.15) is 11.1 Å². The van der Waals surface area contributed by atoms with Crippen molar-refractivity contribution in [2.75, 3.05) is 5.32 Å². The van der Waals surface area contributed by atoms with Crippen molar-refractivity contribution >= 4 is 5.69 Å². The van der Waals surface area contributed by atoms with Gasteiger partial charge in [0.15, 0.2) is 5.82 Å². The van der Waals surface area contributed by atoms with Crippen LogP contribution in [0.4, 0.5) is 23.2 Å². The Hall–Kier alpha value is -2.04. The van der Waals surface area contributed by atoms with Crippen molar-refractivity contribution in [2.45, 2.75) is 13.5 Å². The van der Waals surface area contributed by atoms with E-state index in [0.29, 0.717) is 0 Å². The fourth-order valence-corrected chi connectivity index (χ4v) is 1.68. The maximum absolute atomic E-state index is 13.7. The maximum atomic E-state index is 13.7. The number of nitrogens with one attached hydrogen (secondary N) is 1. The quantitative estimate of drug-likeness (QED) is 0.825. The third kappa shape index (κ3) is 2.86. The first-order valence-corrected chi connectivity index (χ1v) is 5.61. The largest absolute Gasteiger partial charge is 0.376 e. The first-order valence-electron chi connectivity index (χ1n) is 5.61. The first kappa shape index (κ1) is 13.4. The second-order valence-corrected chi connectivity index (χ2v) is 4.14. The Morgan fingerprint density at radius 1 is 0.947 bits per heavy atom. The van der Waals surface area contributed by atoms with Gasteiger partial charge in [0.25, 0.3) is 0 Å². The van der Waals surface area contributed by atoms with Gasteiger partial charge in [-0.1, -0.05) is 6.07 Å². The SMILES string of the molecule is Cc1ccc(F)c(NCc2cc(F)ccc2F)c1F. The van der Waals surface area contributed by atoms with E-state index >= 15 is 0 Å². The number of aryl methyl sites for hydroxylation is 1. The second-order valence-electron chi connectivity index (χ2n) is 4.14. The predicted molar refractivity (Wildman–Crippen MR) is 64.8 cm³/mol. The molecule has 2 aromatic rings. The molecule has 19 heavy (non-hydrogen) atoms. The molecule has 0 aliphatic rings. The molecule has 100 valence electrons. The summed E-state index contributed by atoms with van der Waals surface area (Å²) in [4.78, 5) is 0. The third-order valence-electron chi connectivity index (χ3n) is 2.75. The van der Waals surface area contributed by atoms with Gasteiger partial charge in [0.2, 0.25) is 0 Å². The van der Waals surface area contributed by atoms with Crippen LogP contribution >= 0.6 is 0 Å². The fourth-order valence-electron chi connectivity index (χ4n) is 1.68. The Balaban J connectivity index is 2.24. The second kappa shape index (κ2) is 5.30. The van der Waals surface area contributed by atoms with Crippen LogP contribution in [0.15, 0.2) is 30.3 Å². The number of halogens is 4. The van der Waals surface area contributed by atoms with Crippen LogP contribution < -0.4 is 5.32 Å². The summed E-state index contributed by atoms with van der Waals surface area (Å²) in [6.07, 6.45) is 0. The predicted octanol–water partition coefficient (Wildman–Crippen LogP) is 4.16. The van der Waals surface area contributed by atoms with Crippen molar-refractivity contribution in [3.63, 3.8) is 0 Å². The molecule has 0 aliphatic carbocycles. The molecule has 0 amide bonds. The van der Waals surface area contributed by atoms with Gasteiger partial charge in [-0.05, 0) is 36.8 Å². The van der Waals surface area contributed by atoms with Crippen molar-refractivity contribution in [1.82, 2.24) is 0 Å². The standard InChI is InChI=1S/C14H11F4N/c1-8-2-4-12(17)14(13(8)18)19-7-9-6-10(15)3-5-11(9)16/h2-6,19H,7H2,1H3. The highest BCUT2D eigenvalue weighted by atomic mass is 19.1. The van der Waals surface area contributed by atoms with Gasteiger partial charge in [0, 0.05) is 12.1 Å². The van der Waals surface area contributed by atoms with Crippen molar-refractivity contribution < 1.29 is 17.6 Å². The zero-order valence-electron chi connectivity index (χ0n) is 10.1. The van der Waals surface area contributed by atoms with Crippen molar-refractivity contribution in [3.05, 3.63) is 64.7 Å². The molecule has 5 heteroatoms. The Bertz CT molecular complexity index is 611. The summed E-state index contributed by atoms with van der Waals surface area (Å²) in [6, 6.07) is 5.34. The van der Waals surface area contributed by atoms with Crippen LogP contribution in [-0.2, 0) is 6.54 Å². The normalized spacial score (nSPS) is 10.6. The molecule has 0 aliphatic heterocycles. The zero-order chi connectivity index (χ0) is 14.0. The molecule has 0 atom stereocenters. The number of hydrogen-bond acceptors (Lipinski definition) is 1. The molecule has 2 aromatic carbocycles. The molecule has 0 saturated heterocycles. The molecule has 0 heterocycles. The van der Waals surface area contributed by atoms with Crippen molar-refractivity contribution in [1.29, 1.82) is 0 Å². The van der Waals surface area contributed by atoms with Crippen molar-refractivity contribution in [3.8, 4) is 0 Å². The molecule has 2 rings (SSSR count). The summed E-state index contributed by atoms with van der Waals surface area (Å²) >= 11 is 0. The molecule has 0 radical (unpaired) electrons. The van der Waals surface area contributed by atoms with E-state index in [-0.39, 0.29) is 23.4 Å². The van der Waals surface area contributed by atoms with Crippen molar-refractivity contribution in [2.24, 2.45) is 0 Å². The lowest BCUT2D eigenvalue weighted by Gasteiger charge is -2.11. The van der Waals surface area contributed by atoms with E-state index in [4.69, 9.17) is 0 Å². The topological polar surface area (TPSA) is 12.0 Å². The summed E-state index contributed by atoms with van der Waals surface area (Å²) in [7, 11) is 0. The number of anilines is 1. The minimum Gasteiger partial charge on any atom is -0.376 e. The third-order valence-corrected chi connectivity index (χ3v) is 2.75. The van der Waals surface area contributed by atoms with Crippen LogP contribution in [0.2, 0.25) is 0 Å². The summed E-state index contributed by atoms with van der Waals surface area (Å²) in [5.74, 6) is -2.76. The molecule has 1 nitrogen and oxygen atoms in total. The lowest BCUT2D eigenvalue weighted by molar-refractivity contribution is 0.576. The number of benzene rings is 2. The van der Waals surface area contributed by atoms with Gasteiger partial charge >= 0.3 is 0 Å². The highest BCUT2D eigenvalue weighted by molar-refractivity contribution is 5.49. The van der Waals surface area contributed by atoms with Gasteiger partial charge in [-0.15, -0.1) is 0 Å². The van der Waals surface area contributed by atoms with Gasteiger partial charge in [0.05, 0.1) is 0 Å². The fraction of sp³-hybridized carbons (Fsp3) is 0.143. The highest BCUT2D eigenvalue weighted by Crippen LogP contribution is 2.22. The van der Waals surface area contributed by atoms with E-state index in [1.54, 1.807) is 0 Å². The average molecular weight is 269 g/mol. The molecule has 0 unspecified atom stereocenters. The Morgan fingerprint density at radius 3 is 2.37 bits per heavy atom. The lowest BCUT2D eigenvalue weighted by Crippen LogP contribution is -2.06. The van der Waals surface area contributed by atoms with Crippen LogP contribution in [0.25, 0.3) is 0 Å². The monoisotopic (exact) mass is 269 g/mol. The van der Waals surface area contributed by atoms with Crippen LogP contribution in [0.3, 0.4) is 0 Å². The zero-order valence-corrected chi connectivity index (χ0v) is 10.1. The van der Waals surface area contributed by atoms with E-state index < -0.39 is 23.3 Å². The molecule has 0 bridgehead atoms. The molecule has 0 aromatic heterocycles. The van der Waals surface area contributed by atoms with E-state index in [2.05, 4.69) is 5.32 Å². The van der Waals surface area contributed by atoms with Gasteiger partial charge in [0.1, 0.15) is 23.1 Å². The van der Waals surface area contributed by atoms with Gasteiger partial charge < -0.3 is 5.32 Å². The molecule has 0 saturated carbocycles. The van der Waals surface area contributed by atoms with Crippen LogP contribution in [0, 0.1) is 30.2 Å². The number of hydrogen-bond donors (Lipinski definition) is 1. The smallest absolute Gasteiger partial charge is 0.152 e.